The van der Waals surface area contributed by atoms with E-state index in [9.17, 15) is 14.7 Å². The normalized spacial score (nSPS) is 35.4. The quantitative estimate of drug-likeness (QED) is 0.674. The number of rotatable bonds is 5. The van der Waals surface area contributed by atoms with Gasteiger partial charge in [0.2, 0.25) is 5.91 Å². The number of fused-ring (bicyclic) bond motifs is 2. The third-order valence-corrected chi connectivity index (χ3v) is 4.36. The minimum absolute atomic E-state index is 0.00560. The van der Waals surface area contributed by atoms with Crippen LogP contribution in [0.2, 0.25) is 0 Å². The summed E-state index contributed by atoms with van der Waals surface area (Å²) >= 11 is 0. The second kappa shape index (κ2) is 5.26. The fraction of sp³-hybridized carbons (Fsp3) is 0.846. The molecule has 2 saturated carbocycles. The molecule has 2 bridgehead atoms. The molecule has 2 fully saturated rings. The Hall–Kier alpha value is -1.10. The van der Waals surface area contributed by atoms with E-state index in [1.54, 1.807) is 0 Å². The van der Waals surface area contributed by atoms with Crippen molar-refractivity contribution in [2.24, 2.45) is 23.5 Å². The third kappa shape index (κ3) is 2.66. The molecule has 2 aliphatic rings. The van der Waals surface area contributed by atoms with E-state index < -0.39 is 5.97 Å². The van der Waals surface area contributed by atoms with E-state index in [-0.39, 0.29) is 29.8 Å². The first-order valence-corrected chi connectivity index (χ1v) is 6.76. The average Bonchev–Trinajstić information content (AvgIpc) is 2.86. The molecule has 0 radical (unpaired) electrons. The number of carbonyl (C=O) groups is 2. The maximum atomic E-state index is 11.8. The fourth-order valence-corrected chi connectivity index (χ4v) is 3.47. The van der Waals surface area contributed by atoms with Crippen molar-refractivity contribution in [3.63, 3.8) is 0 Å². The molecule has 0 aromatic heterocycles. The Morgan fingerprint density at radius 1 is 1.39 bits per heavy atom. The van der Waals surface area contributed by atoms with Crippen molar-refractivity contribution in [2.45, 2.75) is 51.1 Å². The lowest BCUT2D eigenvalue weighted by Gasteiger charge is -2.29. The summed E-state index contributed by atoms with van der Waals surface area (Å²) in [6.45, 7) is 1.87. The maximum absolute atomic E-state index is 11.8. The number of amides is 1. The van der Waals surface area contributed by atoms with E-state index >= 15 is 0 Å². The molecule has 0 aromatic carbocycles. The highest BCUT2D eigenvalue weighted by Gasteiger charge is 2.51. The SMILES string of the molecule is CC(N)CCC(=O)NC1C2CCC(C2)C1C(=O)O. The van der Waals surface area contributed by atoms with Crippen LogP contribution in [-0.4, -0.2) is 29.1 Å². The number of hydrogen-bond acceptors (Lipinski definition) is 3. The van der Waals surface area contributed by atoms with Crippen molar-refractivity contribution in [3.05, 3.63) is 0 Å². The Kier molecular flexibility index (Phi) is 3.90. The van der Waals surface area contributed by atoms with E-state index in [2.05, 4.69) is 5.32 Å². The lowest BCUT2D eigenvalue weighted by atomic mass is 9.84. The first kappa shape index (κ1) is 13.3. The van der Waals surface area contributed by atoms with Crippen molar-refractivity contribution in [3.8, 4) is 0 Å². The standard InChI is InChI=1S/C13H22N2O3/c1-7(14)2-5-10(16)15-12-9-4-3-8(6-9)11(12)13(17)18/h7-9,11-12H,2-6,14H2,1H3,(H,15,16)(H,17,18). The molecule has 5 atom stereocenters. The zero-order valence-corrected chi connectivity index (χ0v) is 10.8. The zero-order chi connectivity index (χ0) is 13.3. The van der Waals surface area contributed by atoms with Gasteiger partial charge in [-0.15, -0.1) is 0 Å². The van der Waals surface area contributed by atoms with Crippen LogP contribution < -0.4 is 11.1 Å². The van der Waals surface area contributed by atoms with Crippen LogP contribution in [0.5, 0.6) is 0 Å². The monoisotopic (exact) mass is 254 g/mol. The molecule has 0 aromatic rings. The molecule has 4 N–H and O–H groups in total. The minimum atomic E-state index is -0.764. The zero-order valence-electron chi connectivity index (χ0n) is 10.8. The molecule has 1 amide bonds. The summed E-state index contributed by atoms with van der Waals surface area (Å²) in [6, 6.07) is -0.159. The third-order valence-electron chi connectivity index (χ3n) is 4.36. The van der Waals surface area contributed by atoms with Gasteiger partial charge in [0.15, 0.2) is 0 Å². The predicted octanol–water partition coefficient (Wildman–Crippen LogP) is 0.729. The molecule has 0 aliphatic heterocycles. The second-order valence-electron chi connectivity index (χ2n) is 5.81. The fourth-order valence-electron chi connectivity index (χ4n) is 3.47. The van der Waals surface area contributed by atoms with Gasteiger partial charge in [0.05, 0.1) is 5.92 Å². The summed E-state index contributed by atoms with van der Waals surface area (Å²) in [7, 11) is 0. The van der Waals surface area contributed by atoms with Gasteiger partial charge in [-0.3, -0.25) is 9.59 Å². The Morgan fingerprint density at radius 2 is 2.06 bits per heavy atom. The van der Waals surface area contributed by atoms with E-state index in [4.69, 9.17) is 5.73 Å². The highest BCUT2D eigenvalue weighted by molar-refractivity contribution is 5.78. The van der Waals surface area contributed by atoms with Crippen LogP contribution in [0.1, 0.15) is 39.0 Å². The van der Waals surface area contributed by atoms with Gasteiger partial charge in [0.25, 0.3) is 0 Å². The van der Waals surface area contributed by atoms with Crippen LogP contribution in [0.4, 0.5) is 0 Å². The molecule has 0 saturated heterocycles. The molecule has 2 rings (SSSR count). The Labute approximate surface area is 107 Å². The topological polar surface area (TPSA) is 92.4 Å². The van der Waals surface area contributed by atoms with Gasteiger partial charge in [0.1, 0.15) is 0 Å². The van der Waals surface area contributed by atoms with Crippen LogP contribution >= 0.6 is 0 Å². The number of aliphatic carboxylic acids is 1. The Morgan fingerprint density at radius 3 is 2.67 bits per heavy atom. The smallest absolute Gasteiger partial charge is 0.308 e. The Balaban J connectivity index is 1.91. The molecule has 0 spiro atoms. The van der Waals surface area contributed by atoms with Crippen LogP contribution in [0.25, 0.3) is 0 Å². The van der Waals surface area contributed by atoms with Crippen molar-refractivity contribution in [1.29, 1.82) is 0 Å². The molecule has 102 valence electrons. The van der Waals surface area contributed by atoms with Gasteiger partial charge in [0, 0.05) is 18.5 Å². The lowest BCUT2D eigenvalue weighted by molar-refractivity contribution is -0.144. The van der Waals surface area contributed by atoms with E-state index in [0.717, 1.165) is 19.3 Å². The molecular formula is C13H22N2O3. The maximum Gasteiger partial charge on any atom is 0.308 e. The summed E-state index contributed by atoms with van der Waals surface area (Å²) in [5, 5.41) is 12.2. The minimum Gasteiger partial charge on any atom is -0.481 e. The number of carboxylic acid groups (broad SMARTS) is 1. The van der Waals surface area contributed by atoms with Crippen LogP contribution in [0, 0.1) is 17.8 Å². The van der Waals surface area contributed by atoms with Gasteiger partial charge in [-0.05, 0) is 44.4 Å². The number of nitrogens with one attached hydrogen (secondary N) is 1. The highest BCUT2D eigenvalue weighted by Crippen LogP contribution is 2.48. The molecular weight excluding hydrogens is 232 g/mol. The number of hydrogen-bond donors (Lipinski definition) is 3. The van der Waals surface area contributed by atoms with E-state index in [1.165, 1.54) is 0 Å². The lowest BCUT2D eigenvalue weighted by Crippen LogP contribution is -2.47. The summed E-state index contributed by atoms with van der Waals surface area (Å²) in [5.74, 6) is -0.597. The van der Waals surface area contributed by atoms with Crippen molar-refractivity contribution in [2.75, 3.05) is 0 Å². The van der Waals surface area contributed by atoms with Crippen molar-refractivity contribution >= 4 is 11.9 Å². The van der Waals surface area contributed by atoms with Crippen molar-refractivity contribution in [1.82, 2.24) is 5.32 Å². The molecule has 5 heteroatoms. The first-order chi connectivity index (χ1) is 8.49. The molecule has 2 aliphatic carbocycles. The predicted molar refractivity (Wildman–Crippen MR) is 66.8 cm³/mol. The molecule has 0 heterocycles. The summed E-state index contributed by atoms with van der Waals surface area (Å²) in [5.41, 5.74) is 5.61. The Bertz CT molecular complexity index is 343. The number of carbonyl (C=O) groups excluding carboxylic acids is 1. The van der Waals surface area contributed by atoms with Crippen LogP contribution in [0.15, 0.2) is 0 Å². The van der Waals surface area contributed by atoms with E-state index in [1.807, 2.05) is 6.92 Å². The average molecular weight is 254 g/mol. The van der Waals surface area contributed by atoms with Gasteiger partial charge >= 0.3 is 5.97 Å². The van der Waals surface area contributed by atoms with Gasteiger partial charge in [-0.25, -0.2) is 0 Å². The highest BCUT2D eigenvalue weighted by atomic mass is 16.4. The molecule has 5 unspecified atom stereocenters. The number of nitrogens with two attached hydrogens (primary N) is 1. The largest absolute Gasteiger partial charge is 0.481 e. The van der Waals surface area contributed by atoms with Crippen LogP contribution in [-0.2, 0) is 9.59 Å². The van der Waals surface area contributed by atoms with Crippen LogP contribution in [0.3, 0.4) is 0 Å². The second-order valence-corrected chi connectivity index (χ2v) is 5.81. The van der Waals surface area contributed by atoms with E-state index in [0.29, 0.717) is 18.8 Å². The summed E-state index contributed by atoms with van der Waals surface area (Å²) < 4.78 is 0. The summed E-state index contributed by atoms with van der Waals surface area (Å²) in [4.78, 5) is 23.1. The van der Waals surface area contributed by atoms with Gasteiger partial charge in [-0.1, -0.05) is 0 Å². The first-order valence-electron chi connectivity index (χ1n) is 6.76. The number of carboxylic acids is 1. The van der Waals surface area contributed by atoms with Crippen molar-refractivity contribution < 1.29 is 14.7 Å². The summed E-state index contributed by atoms with van der Waals surface area (Å²) in [6.07, 6.45) is 4.03. The molecule has 5 nitrogen and oxygen atoms in total. The van der Waals surface area contributed by atoms with Gasteiger partial charge in [-0.2, -0.15) is 0 Å². The molecule has 18 heavy (non-hydrogen) atoms. The van der Waals surface area contributed by atoms with Gasteiger partial charge < -0.3 is 16.2 Å².